The molecule has 2 rings (SSSR count). The van der Waals surface area contributed by atoms with Crippen LogP contribution < -0.4 is 0 Å². The van der Waals surface area contributed by atoms with Crippen molar-refractivity contribution in [3.63, 3.8) is 0 Å². The van der Waals surface area contributed by atoms with Crippen molar-refractivity contribution in [3.8, 4) is 0 Å². The molecule has 0 radical (unpaired) electrons. The molecule has 0 aromatic heterocycles. The second kappa shape index (κ2) is 8.41. The maximum atomic E-state index is 14.6. The summed E-state index contributed by atoms with van der Waals surface area (Å²) in [5, 5.41) is 10.00. The number of nitrogens with zero attached hydrogens (tertiary/aromatic N) is 2. The molecule has 0 amide bonds. The molecule has 138 valence electrons. The summed E-state index contributed by atoms with van der Waals surface area (Å²) in [4.78, 5) is 7.59. The molecule has 4 nitrogen and oxygen atoms in total. The Hall–Kier alpha value is -1.98. The van der Waals surface area contributed by atoms with Gasteiger partial charge in [-0.25, -0.2) is 9.98 Å². The van der Waals surface area contributed by atoms with E-state index in [1.54, 1.807) is 12.2 Å². The molecule has 1 saturated carbocycles. The van der Waals surface area contributed by atoms with E-state index in [2.05, 4.69) is 23.5 Å². The number of ether oxygens (including phenoxy) is 1. The number of halogens is 2. The van der Waals surface area contributed by atoms with Crippen molar-refractivity contribution in [2.75, 3.05) is 13.7 Å². The Kier molecular flexibility index (Phi) is 6.51. The van der Waals surface area contributed by atoms with Crippen LogP contribution in [0.3, 0.4) is 0 Å². The van der Waals surface area contributed by atoms with Gasteiger partial charge in [0.15, 0.2) is 5.71 Å². The van der Waals surface area contributed by atoms with Crippen LogP contribution in [0.1, 0.15) is 39.0 Å². The zero-order valence-corrected chi connectivity index (χ0v) is 14.8. The lowest BCUT2D eigenvalue weighted by molar-refractivity contribution is 0.0661. The summed E-state index contributed by atoms with van der Waals surface area (Å²) in [6.07, 6.45) is 7.62. The van der Waals surface area contributed by atoms with Crippen LogP contribution in [0.4, 0.5) is 8.78 Å². The van der Waals surface area contributed by atoms with Crippen molar-refractivity contribution in [2.24, 2.45) is 21.8 Å². The van der Waals surface area contributed by atoms with E-state index in [1.165, 1.54) is 19.6 Å². The topological polar surface area (TPSA) is 54.2 Å². The number of aliphatic imine (C=N–C) groups is 2. The van der Waals surface area contributed by atoms with Gasteiger partial charge in [0, 0.05) is 6.42 Å². The molecule has 1 fully saturated rings. The average Bonchev–Trinajstić information content (AvgIpc) is 3.27. The quantitative estimate of drug-likeness (QED) is 0.666. The molecule has 2 atom stereocenters. The van der Waals surface area contributed by atoms with Crippen molar-refractivity contribution in [2.45, 2.75) is 45.0 Å². The average molecular weight is 352 g/mol. The Morgan fingerprint density at radius 3 is 2.72 bits per heavy atom. The second-order valence-electron chi connectivity index (χ2n) is 6.68. The van der Waals surface area contributed by atoms with Crippen LogP contribution in [0, 0.1) is 11.8 Å². The molecule has 1 aliphatic carbocycles. The number of aliphatic hydroxyl groups excluding tert-OH is 1. The lowest BCUT2D eigenvalue weighted by Gasteiger charge is -2.18. The predicted octanol–water partition coefficient (Wildman–Crippen LogP) is 4.85. The van der Waals surface area contributed by atoms with E-state index in [1.807, 2.05) is 0 Å². The predicted molar refractivity (Wildman–Crippen MR) is 96.4 cm³/mol. The van der Waals surface area contributed by atoms with Crippen molar-refractivity contribution in [1.82, 2.24) is 0 Å². The molecule has 0 saturated heterocycles. The van der Waals surface area contributed by atoms with Gasteiger partial charge in [0.25, 0.3) is 5.92 Å². The maximum Gasteiger partial charge on any atom is 0.295 e. The first-order valence-corrected chi connectivity index (χ1v) is 8.65. The zero-order chi connectivity index (χ0) is 18.4. The van der Waals surface area contributed by atoms with Crippen LogP contribution in [-0.2, 0) is 4.74 Å². The van der Waals surface area contributed by atoms with Gasteiger partial charge in [-0.15, -0.1) is 0 Å². The van der Waals surface area contributed by atoms with E-state index in [0.717, 1.165) is 18.8 Å². The molecule has 0 bridgehead atoms. The minimum absolute atomic E-state index is 0.0283. The Morgan fingerprint density at radius 2 is 2.08 bits per heavy atom. The second-order valence-corrected chi connectivity index (χ2v) is 6.68. The fourth-order valence-corrected chi connectivity index (χ4v) is 2.84. The number of methoxy groups -OCH3 is 1. The Labute approximate surface area is 147 Å². The van der Waals surface area contributed by atoms with Crippen LogP contribution in [-0.4, -0.2) is 36.3 Å². The van der Waals surface area contributed by atoms with E-state index >= 15 is 0 Å². The van der Waals surface area contributed by atoms with Crippen LogP contribution in [0.5, 0.6) is 0 Å². The first kappa shape index (κ1) is 19.3. The summed E-state index contributed by atoms with van der Waals surface area (Å²) >= 11 is 0. The van der Waals surface area contributed by atoms with Gasteiger partial charge in [-0.05, 0) is 42.9 Å². The number of aliphatic hydroxyl groups is 1. The van der Waals surface area contributed by atoms with Crippen LogP contribution in [0.15, 0.2) is 46.2 Å². The Balaban J connectivity index is 2.04. The summed E-state index contributed by atoms with van der Waals surface area (Å²) in [6, 6.07) is 0. The highest BCUT2D eigenvalue weighted by Gasteiger charge is 2.39. The zero-order valence-electron chi connectivity index (χ0n) is 14.8. The van der Waals surface area contributed by atoms with Crippen molar-refractivity contribution >= 4 is 11.6 Å². The van der Waals surface area contributed by atoms with Crippen LogP contribution in [0.2, 0.25) is 0 Å². The van der Waals surface area contributed by atoms with Crippen molar-refractivity contribution < 1.29 is 18.6 Å². The molecule has 2 aliphatic rings. The minimum atomic E-state index is -3.24. The molecule has 0 aromatic carbocycles. The van der Waals surface area contributed by atoms with Gasteiger partial charge in [0.05, 0.1) is 19.4 Å². The summed E-state index contributed by atoms with van der Waals surface area (Å²) in [7, 11) is 1.49. The van der Waals surface area contributed by atoms with E-state index in [-0.39, 0.29) is 18.7 Å². The molecular formula is C19H26F2N2O2. The van der Waals surface area contributed by atoms with E-state index in [9.17, 15) is 13.9 Å². The van der Waals surface area contributed by atoms with E-state index < -0.39 is 17.5 Å². The first-order valence-electron chi connectivity index (χ1n) is 8.65. The number of allylic oxidation sites excluding steroid dienone is 2. The van der Waals surface area contributed by atoms with Gasteiger partial charge in [-0.3, -0.25) is 0 Å². The van der Waals surface area contributed by atoms with Gasteiger partial charge in [-0.1, -0.05) is 26.3 Å². The lowest BCUT2D eigenvalue weighted by atomic mass is 10.0. The van der Waals surface area contributed by atoms with Gasteiger partial charge in [0.2, 0.25) is 5.90 Å². The third-order valence-electron chi connectivity index (χ3n) is 4.61. The highest BCUT2D eigenvalue weighted by atomic mass is 19.3. The third kappa shape index (κ3) is 5.80. The highest BCUT2D eigenvalue weighted by Crippen LogP contribution is 2.42. The van der Waals surface area contributed by atoms with Gasteiger partial charge < -0.3 is 9.84 Å². The number of hydrogen-bond acceptors (Lipinski definition) is 3. The van der Waals surface area contributed by atoms with Crippen LogP contribution >= 0.6 is 0 Å². The first-order chi connectivity index (χ1) is 11.8. The smallest absolute Gasteiger partial charge is 0.295 e. The minimum Gasteiger partial charge on any atom is -0.497 e. The fraction of sp³-hybridized carbons (Fsp3) is 0.579. The SMILES string of the molecule is C=C1/C=C\C(OC)=C/C/N=C(O)\C(C(F)(F)CCCC[C@@H]2CC2C)=N/1. The number of rotatable bonds is 7. The number of hydrogen-bond donors (Lipinski definition) is 1. The van der Waals surface area contributed by atoms with Gasteiger partial charge in [-0.2, -0.15) is 8.78 Å². The molecule has 0 aromatic rings. The van der Waals surface area contributed by atoms with Crippen molar-refractivity contribution in [1.29, 1.82) is 0 Å². The maximum absolute atomic E-state index is 14.6. The fourth-order valence-electron chi connectivity index (χ4n) is 2.84. The Bertz CT molecular complexity index is 621. The van der Waals surface area contributed by atoms with E-state index in [4.69, 9.17) is 4.74 Å². The monoisotopic (exact) mass is 352 g/mol. The van der Waals surface area contributed by atoms with Gasteiger partial charge >= 0.3 is 0 Å². The van der Waals surface area contributed by atoms with Crippen molar-refractivity contribution in [3.05, 3.63) is 36.3 Å². The molecule has 25 heavy (non-hydrogen) atoms. The number of unbranched alkanes of at least 4 members (excludes halogenated alkanes) is 1. The molecule has 1 N–H and O–H groups in total. The standard InChI is InChI=1S/C19H26F2N2O2/c1-13-12-15(13)6-4-5-10-19(20,21)17-18(24)22-11-9-16(25-3)8-7-14(2)23-17/h7-9,13,15H,2,4-6,10-12H2,1,3H3,(H,22,24)/b8-7-,16-9+,23-17+/t13?,15-/m1/s1. The number of alkyl halides is 2. The molecule has 1 aliphatic heterocycles. The summed E-state index contributed by atoms with van der Waals surface area (Å²) in [6.45, 7) is 5.85. The summed E-state index contributed by atoms with van der Waals surface area (Å²) in [5.41, 5.74) is -0.607. The molecule has 1 heterocycles. The molecular weight excluding hydrogens is 326 g/mol. The summed E-state index contributed by atoms with van der Waals surface area (Å²) < 4.78 is 34.2. The molecule has 1 unspecified atom stereocenters. The Morgan fingerprint density at radius 1 is 1.36 bits per heavy atom. The normalized spacial score (nSPS) is 31.8. The molecule has 0 spiro atoms. The largest absolute Gasteiger partial charge is 0.497 e. The summed E-state index contributed by atoms with van der Waals surface area (Å²) in [5.74, 6) is -2.06. The third-order valence-corrected chi connectivity index (χ3v) is 4.61. The van der Waals surface area contributed by atoms with Crippen LogP contribution in [0.25, 0.3) is 0 Å². The lowest BCUT2D eigenvalue weighted by Crippen LogP contribution is -2.35. The van der Waals surface area contributed by atoms with Gasteiger partial charge in [0.1, 0.15) is 5.76 Å². The van der Waals surface area contributed by atoms with E-state index in [0.29, 0.717) is 18.1 Å². The molecule has 6 heteroatoms. The highest BCUT2D eigenvalue weighted by molar-refractivity contribution is 6.41.